The fourth-order valence-electron chi connectivity index (χ4n) is 12.5. The van der Waals surface area contributed by atoms with Gasteiger partial charge in [-0.05, 0) is 137 Å². The number of likely N-dealkylation sites (tertiary alicyclic amines) is 2. The SMILES string of the molecule is CC(/C(N)=N/c1nc2ccccc2s1)=C1\CCCN(C2=CC=C(c3cnn(CC45CC6(C)CC(C)(C4)CC(OCCN4CCCC4)(C6)C5)c3C)/C(=C(/N)O)N2)C1=N.[B]. The quantitative estimate of drug-likeness (QED) is 0.0615. The number of nitrogens with one attached hydrogen (secondary N) is 2. The second kappa shape index (κ2) is 15.0. The zero-order chi connectivity index (χ0) is 39.7. The molecule has 14 heteroatoms. The number of thiazole rings is 1. The van der Waals surface area contributed by atoms with Gasteiger partial charge in [0, 0.05) is 50.5 Å². The van der Waals surface area contributed by atoms with E-state index in [2.05, 4.69) is 45.6 Å². The van der Waals surface area contributed by atoms with E-state index < -0.39 is 0 Å². The Morgan fingerprint density at radius 3 is 2.48 bits per heavy atom. The second-order valence-corrected chi connectivity index (χ2v) is 19.8. The van der Waals surface area contributed by atoms with E-state index in [-0.39, 0.29) is 36.1 Å². The molecule has 3 aromatic rings. The highest BCUT2D eigenvalue weighted by Crippen LogP contribution is 2.72. The minimum Gasteiger partial charge on any atom is -0.493 e. The number of nitrogens with two attached hydrogens (primary N) is 2. The van der Waals surface area contributed by atoms with Crippen LogP contribution in [0.3, 0.4) is 0 Å². The molecule has 7 N–H and O–H groups in total. The number of aliphatic imine (C=N–C) groups is 1. The normalized spacial score (nSPS) is 31.6. The summed E-state index contributed by atoms with van der Waals surface area (Å²) in [5.74, 6) is 1.05. The molecular formula is C44H58BN10O2S. The Balaban J connectivity index is 0.00000469. The van der Waals surface area contributed by atoms with E-state index in [0.29, 0.717) is 41.3 Å². The van der Waals surface area contributed by atoms with Crippen LogP contribution in [-0.2, 0) is 11.3 Å². The summed E-state index contributed by atoms with van der Waals surface area (Å²) in [5.41, 5.74) is 18.9. The third-order valence-corrected chi connectivity index (χ3v) is 14.7. The van der Waals surface area contributed by atoms with Crippen molar-refractivity contribution >= 4 is 52.3 Å². The molecule has 6 fully saturated rings. The Kier molecular flexibility index (Phi) is 10.5. The van der Waals surface area contributed by atoms with Crippen molar-refractivity contribution in [2.24, 2.45) is 32.7 Å². The minimum absolute atomic E-state index is 0. The molecule has 3 radical (unpaired) electrons. The maximum absolute atomic E-state index is 10.9. The molecule has 10 rings (SSSR count). The molecule has 1 aromatic carbocycles. The largest absolute Gasteiger partial charge is 0.493 e. The molecule has 4 aliphatic carbocycles. The summed E-state index contributed by atoms with van der Waals surface area (Å²) in [5, 5.41) is 29.2. The number of hydrogen-bond acceptors (Lipinski definition) is 10. The Labute approximate surface area is 348 Å². The lowest BCUT2D eigenvalue weighted by atomic mass is 9.39. The van der Waals surface area contributed by atoms with Gasteiger partial charge in [-0.2, -0.15) is 5.10 Å². The van der Waals surface area contributed by atoms with Crippen molar-refractivity contribution in [3.8, 4) is 0 Å². The zero-order valence-electron chi connectivity index (χ0n) is 34.5. The number of para-hydroxylation sites is 1. The maximum atomic E-state index is 10.9. The van der Waals surface area contributed by atoms with Crippen LogP contribution in [0, 0.1) is 28.6 Å². The van der Waals surface area contributed by atoms with Crippen LogP contribution in [0.1, 0.15) is 96.2 Å². The predicted molar refractivity (Wildman–Crippen MR) is 234 cm³/mol. The summed E-state index contributed by atoms with van der Waals surface area (Å²) in [4.78, 5) is 13.7. The zero-order valence-corrected chi connectivity index (χ0v) is 35.4. The van der Waals surface area contributed by atoms with Gasteiger partial charge < -0.3 is 36.4 Å². The average Bonchev–Trinajstić information content (AvgIpc) is 3.90. The number of rotatable bonds is 10. The van der Waals surface area contributed by atoms with Crippen LogP contribution >= 0.6 is 11.3 Å². The van der Waals surface area contributed by atoms with Crippen molar-refractivity contribution < 1.29 is 9.84 Å². The molecule has 3 aliphatic heterocycles. The third kappa shape index (κ3) is 7.40. The smallest absolute Gasteiger partial charge is 0.212 e. The monoisotopic (exact) mass is 801 g/mol. The molecule has 305 valence electrons. The van der Waals surface area contributed by atoms with Crippen molar-refractivity contribution in [1.29, 1.82) is 5.41 Å². The minimum atomic E-state index is -0.309. The van der Waals surface area contributed by atoms with E-state index >= 15 is 0 Å². The van der Waals surface area contributed by atoms with Crippen LogP contribution in [-0.4, -0.2) is 88.1 Å². The molecule has 2 unspecified atom stereocenters. The number of aliphatic hydroxyl groups is 1. The highest BCUT2D eigenvalue weighted by molar-refractivity contribution is 7.22. The Morgan fingerprint density at radius 2 is 1.76 bits per heavy atom. The summed E-state index contributed by atoms with van der Waals surface area (Å²) in [7, 11) is 0. The Bertz CT molecular complexity index is 2220. The molecule has 58 heavy (non-hydrogen) atoms. The van der Waals surface area contributed by atoms with Gasteiger partial charge in [0.25, 0.3) is 0 Å². The summed E-state index contributed by atoms with van der Waals surface area (Å²) in [6.07, 6.45) is 17.1. The first-order valence-corrected chi connectivity index (χ1v) is 21.6. The van der Waals surface area contributed by atoms with Crippen LogP contribution in [0.15, 0.2) is 76.2 Å². The molecule has 2 atom stereocenters. The number of aliphatic hydroxyl groups excluding tert-OH is 1. The first kappa shape index (κ1) is 40.4. The molecule has 7 aliphatic rings. The lowest BCUT2D eigenvalue weighted by Gasteiger charge is -2.69. The topological polar surface area (TPSA) is 167 Å². The number of amidine groups is 2. The van der Waals surface area contributed by atoms with Gasteiger partial charge in [-0.25, -0.2) is 9.98 Å². The number of ether oxygens (including phenoxy) is 1. The van der Waals surface area contributed by atoms with Crippen molar-refractivity contribution in [2.45, 2.75) is 104 Å². The van der Waals surface area contributed by atoms with E-state index in [0.717, 1.165) is 83.6 Å². The van der Waals surface area contributed by atoms with Gasteiger partial charge in [-0.3, -0.25) is 10.1 Å². The van der Waals surface area contributed by atoms with Gasteiger partial charge in [0.2, 0.25) is 11.0 Å². The van der Waals surface area contributed by atoms with Crippen LogP contribution in [0.25, 0.3) is 15.8 Å². The van der Waals surface area contributed by atoms with E-state index in [1.807, 2.05) is 54.4 Å². The molecule has 0 spiro atoms. The van der Waals surface area contributed by atoms with Crippen molar-refractivity contribution in [2.75, 3.05) is 32.8 Å². The van der Waals surface area contributed by atoms with Crippen LogP contribution in [0.2, 0.25) is 0 Å². The number of piperidine rings is 1. The number of hydrogen-bond donors (Lipinski definition) is 5. The summed E-state index contributed by atoms with van der Waals surface area (Å²) < 4.78 is 10.3. The van der Waals surface area contributed by atoms with E-state index in [1.54, 1.807) is 0 Å². The summed E-state index contributed by atoms with van der Waals surface area (Å²) in [6.45, 7) is 14.8. The number of fused-ring (bicyclic) bond motifs is 1. The fraction of sp³-hybridized carbons (Fsp3) is 0.545. The van der Waals surface area contributed by atoms with Crippen molar-refractivity contribution in [3.63, 3.8) is 0 Å². The number of benzene rings is 1. The lowest BCUT2D eigenvalue weighted by molar-refractivity contribution is -0.248. The molecule has 12 nitrogen and oxygen atoms in total. The first-order valence-electron chi connectivity index (χ1n) is 20.8. The molecule has 5 heterocycles. The van der Waals surface area contributed by atoms with Crippen molar-refractivity contribution in [3.05, 3.63) is 82.4 Å². The lowest BCUT2D eigenvalue weighted by Crippen LogP contribution is -2.64. The first-order chi connectivity index (χ1) is 27.2. The summed E-state index contributed by atoms with van der Waals surface area (Å²) in [6, 6.07) is 7.93. The highest BCUT2D eigenvalue weighted by atomic mass is 32.1. The molecular weight excluding hydrogens is 743 g/mol. The average molecular weight is 802 g/mol. The highest BCUT2D eigenvalue weighted by Gasteiger charge is 2.66. The van der Waals surface area contributed by atoms with Gasteiger partial charge in [-0.15, -0.1) is 0 Å². The Morgan fingerprint density at radius 1 is 1.02 bits per heavy atom. The summed E-state index contributed by atoms with van der Waals surface area (Å²) >= 11 is 1.49. The number of allylic oxidation sites excluding steroid dienone is 3. The number of nitrogens with zero attached hydrogens (tertiary/aromatic N) is 6. The number of dihydropyridines is 1. The van der Waals surface area contributed by atoms with E-state index in [9.17, 15) is 10.5 Å². The predicted octanol–water partition coefficient (Wildman–Crippen LogP) is 7.24. The molecule has 2 saturated heterocycles. The molecule has 4 bridgehead atoms. The van der Waals surface area contributed by atoms with Gasteiger partial charge in [0.15, 0.2) is 0 Å². The fourth-order valence-corrected chi connectivity index (χ4v) is 13.3. The van der Waals surface area contributed by atoms with Gasteiger partial charge in [-0.1, -0.05) is 37.3 Å². The molecule has 4 saturated carbocycles. The molecule has 0 amide bonds. The van der Waals surface area contributed by atoms with E-state index in [4.69, 9.17) is 21.3 Å². The van der Waals surface area contributed by atoms with Gasteiger partial charge >= 0.3 is 0 Å². The standard InChI is InChI=1S/C44H58N10O2S.B/c1-28(37(45)51-40-49-33-11-5-6-12-34(33)57-40)30-10-9-17-53(38(30)46)35-14-13-31(36(50-35)39(47)55)32-20-48-54(29(32)2)27-43-22-41(3)21-42(4,23-43)25-44(24-41,26-43)56-19-18-52-15-7-8-16-52;/h5-6,11-14,20,46,50,55H,7-10,15-19,21-27,47H2,1-4H3,(H2,45,49,51);/b30-28-,39-36+,46-38?;. The van der Waals surface area contributed by atoms with Gasteiger partial charge in [0.05, 0.1) is 28.6 Å². The van der Waals surface area contributed by atoms with E-state index in [1.165, 1.54) is 56.5 Å². The molecule has 2 aromatic heterocycles. The van der Waals surface area contributed by atoms with Crippen LogP contribution in [0.5, 0.6) is 0 Å². The Hall–Kier alpha value is -4.40. The van der Waals surface area contributed by atoms with Crippen molar-refractivity contribution in [1.82, 2.24) is 29.9 Å². The maximum Gasteiger partial charge on any atom is 0.212 e. The van der Waals surface area contributed by atoms with Gasteiger partial charge in [0.1, 0.15) is 23.2 Å². The van der Waals surface area contributed by atoms with Crippen LogP contribution in [0.4, 0.5) is 5.13 Å². The second-order valence-electron chi connectivity index (χ2n) is 18.7. The number of aromatic nitrogens is 3. The van der Waals surface area contributed by atoms with Crippen LogP contribution < -0.4 is 16.8 Å². The third-order valence-electron chi connectivity index (χ3n) is 13.7.